The molecule has 0 amide bonds. The van der Waals surface area contributed by atoms with Crippen LogP contribution < -0.4 is 0 Å². The average Bonchev–Trinajstić information content (AvgIpc) is 2.81. The number of hydrogen-bond acceptors (Lipinski definition) is 4. The third kappa shape index (κ3) is 4.36. The first-order chi connectivity index (χ1) is 15.7. The van der Waals surface area contributed by atoms with Crippen molar-refractivity contribution >= 4 is 0 Å². The highest BCUT2D eigenvalue weighted by atomic mass is 16.3. The van der Waals surface area contributed by atoms with Crippen LogP contribution in [0.4, 0.5) is 0 Å². The predicted octanol–water partition coefficient (Wildman–Crippen LogP) is 4.48. The molecular formula is C28H33N3O. The molecule has 0 radical (unpaired) electrons. The number of benzene rings is 2. The van der Waals surface area contributed by atoms with Crippen LogP contribution in [0.25, 0.3) is 11.1 Å². The Morgan fingerprint density at radius 3 is 2.47 bits per heavy atom. The van der Waals surface area contributed by atoms with Gasteiger partial charge < -0.3 is 5.11 Å². The first-order valence-electron chi connectivity index (χ1n) is 11.9. The van der Waals surface area contributed by atoms with Crippen LogP contribution in [0.1, 0.15) is 35.4 Å². The van der Waals surface area contributed by atoms with E-state index in [0.717, 1.165) is 26.2 Å². The van der Waals surface area contributed by atoms with Gasteiger partial charge in [0, 0.05) is 43.5 Å². The molecule has 4 heteroatoms. The summed E-state index contributed by atoms with van der Waals surface area (Å²) in [5.74, 6) is 0.379. The van der Waals surface area contributed by atoms with Crippen molar-refractivity contribution in [3.8, 4) is 11.1 Å². The van der Waals surface area contributed by atoms with Gasteiger partial charge in [0.25, 0.3) is 0 Å². The predicted molar refractivity (Wildman–Crippen MR) is 129 cm³/mol. The molecule has 2 aliphatic heterocycles. The molecule has 2 aromatic carbocycles. The minimum atomic E-state index is 0.227. The molecule has 0 aliphatic carbocycles. The lowest BCUT2D eigenvalue weighted by Gasteiger charge is -2.57. The number of hydrogen-bond donors (Lipinski definition) is 1. The fourth-order valence-corrected chi connectivity index (χ4v) is 5.62. The van der Waals surface area contributed by atoms with Crippen molar-refractivity contribution in [2.24, 2.45) is 0 Å². The highest BCUT2D eigenvalue weighted by Crippen LogP contribution is 2.42. The second-order valence-corrected chi connectivity index (χ2v) is 9.37. The monoisotopic (exact) mass is 427 g/mol. The van der Waals surface area contributed by atoms with Gasteiger partial charge >= 0.3 is 0 Å². The summed E-state index contributed by atoms with van der Waals surface area (Å²) in [6, 6.07) is 22.7. The molecule has 3 aromatic rings. The van der Waals surface area contributed by atoms with Crippen molar-refractivity contribution in [3.63, 3.8) is 0 Å². The van der Waals surface area contributed by atoms with Gasteiger partial charge in [-0.25, -0.2) is 0 Å². The molecule has 3 heterocycles. The van der Waals surface area contributed by atoms with Crippen molar-refractivity contribution in [1.29, 1.82) is 0 Å². The largest absolute Gasteiger partial charge is 0.395 e. The van der Waals surface area contributed by atoms with Crippen molar-refractivity contribution in [1.82, 2.24) is 14.8 Å². The van der Waals surface area contributed by atoms with Gasteiger partial charge in [-0.2, -0.15) is 0 Å². The van der Waals surface area contributed by atoms with E-state index in [1.54, 1.807) is 0 Å². The van der Waals surface area contributed by atoms with Crippen molar-refractivity contribution in [3.05, 3.63) is 89.7 Å². The highest BCUT2D eigenvalue weighted by molar-refractivity contribution is 5.64. The summed E-state index contributed by atoms with van der Waals surface area (Å²) in [6.07, 6.45) is 6.17. The van der Waals surface area contributed by atoms with E-state index < -0.39 is 0 Å². The number of aromatic nitrogens is 1. The highest BCUT2D eigenvalue weighted by Gasteiger charge is 2.48. The van der Waals surface area contributed by atoms with Gasteiger partial charge in [-0.3, -0.25) is 14.8 Å². The maximum atomic E-state index is 10.2. The molecule has 4 nitrogen and oxygen atoms in total. The Labute approximate surface area is 191 Å². The molecule has 5 rings (SSSR count). The van der Waals surface area contributed by atoms with Crippen LogP contribution in [0.2, 0.25) is 0 Å². The van der Waals surface area contributed by atoms with Gasteiger partial charge in [-0.1, -0.05) is 54.1 Å². The molecule has 0 unspecified atom stereocenters. The Hall–Kier alpha value is -2.53. The molecular weight excluding hydrogens is 394 g/mol. The topological polar surface area (TPSA) is 39.6 Å². The Kier molecular flexibility index (Phi) is 6.35. The third-order valence-electron chi connectivity index (χ3n) is 7.26. The lowest BCUT2D eigenvalue weighted by atomic mass is 9.74. The smallest absolute Gasteiger partial charge is 0.0593 e. The molecule has 1 N–H and O–H groups in total. The Balaban J connectivity index is 1.36. The van der Waals surface area contributed by atoms with E-state index in [0.29, 0.717) is 12.0 Å². The van der Waals surface area contributed by atoms with Crippen molar-refractivity contribution in [2.45, 2.75) is 44.3 Å². The lowest BCUT2D eigenvalue weighted by Crippen LogP contribution is -2.67. The van der Waals surface area contributed by atoms with E-state index in [1.807, 2.05) is 12.4 Å². The molecule has 2 fully saturated rings. The number of aliphatic hydroxyl groups is 1. The van der Waals surface area contributed by atoms with E-state index in [4.69, 9.17) is 0 Å². The quantitative estimate of drug-likeness (QED) is 0.652. The minimum Gasteiger partial charge on any atom is -0.395 e. The first kappa shape index (κ1) is 21.3. The van der Waals surface area contributed by atoms with Crippen LogP contribution in [0.15, 0.2) is 73.1 Å². The standard InChI is InChI=1S/C28H33N3O/c1-21-5-4-6-25(17-21)23-7-9-24(10-8-23)28-26-19-30(18-22-11-13-29-14-12-22)15-2-3-16-31(26)27(28)20-32/h4-14,17,26-28,32H,2-3,15-16,18-20H2,1H3/t26-,27-,28+/m0/s1. The maximum Gasteiger partial charge on any atom is 0.0593 e. The van der Waals surface area contributed by atoms with Gasteiger partial charge in [0.15, 0.2) is 0 Å². The van der Waals surface area contributed by atoms with Crippen LogP contribution in [-0.2, 0) is 6.54 Å². The zero-order valence-electron chi connectivity index (χ0n) is 18.9. The fraction of sp³-hybridized carbons (Fsp3) is 0.393. The Morgan fingerprint density at radius 1 is 0.938 bits per heavy atom. The van der Waals surface area contributed by atoms with Gasteiger partial charge in [0.05, 0.1) is 6.61 Å². The van der Waals surface area contributed by atoms with E-state index in [-0.39, 0.29) is 12.6 Å². The zero-order chi connectivity index (χ0) is 21.9. The van der Waals surface area contributed by atoms with E-state index in [1.165, 1.54) is 40.7 Å². The van der Waals surface area contributed by atoms with E-state index in [2.05, 4.69) is 82.4 Å². The number of rotatable bonds is 5. The molecule has 3 atom stereocenters. The normalized spacial score (nSPS) is 24.2. The average molecular weight is 428 g/mol. The van der Waals surface area contributed by atoms with Gasteiger partial charge in [0.2, 0.25) is 0 Å². The summed E-state index contributed by atoms with van der Waals surface area (Å²) in [5.41, 5.74) is 6.48. The summed E-state index contributed by atoms with van der Waals surface area (Å²) in [5, 5.41) is 10.2. The number of aryl methyl sites for hydroxylation is 1. The summed E-state index contributed by atoms with van der Waals surface area (Å²) in [6.45, 7) is 6.61. The van der Waals surface area contributed by atoms with Gasteiger partial charge in [0.1, 0.15) is 0 Å². The molecule has 0 spiro atoms. The van der Waals surface area contributed by atoms with Crippen molar-refractivity contribution < 1.29 is 5.11 Å². The Bertz CT molecular complexity index is 1020. The summed E-state index contributed by atoms with van der Waals surface area (Å²) in [7, 11) is 0. The van der Waals surface area contributed by atoms with Gasteiger partial charge in [-0.15, -0.1) is 0 Å². The summed E-state index contributed by atoms with van der Waals surface area (Å²) in [4.78, 5) is 9.31. The Morgan fingerprint density at radius 2 is 1.72 bits per heavy atom. The number of fused-ring (bicyclic) bond motifs is 1. The van der Waals surface area contributed by atoms with Crippen LogP contribution >= 0.6 is 0 Å². The van der Waals surface area contributed by atoms with Crippen LogP contribution in [0.3, 0.4) is 0 Å². The lowest BCUT2D eigenvalue weighted by molar-refractivity contribution is -0.0655. The maximum absolute atomic E-state index is 10.2. The summed E-state index contributed by atoms with van der Waals surface area (Å²) >= 11 is 0. The second kappa shape index (κ2) is 9.53. The minimum absolute atomic E-state index is 0.227. The van der Waals surface area contributed by atoms with Gasteiger partial charge in [-0.05, 0) is 67.2 Å². The van der Waals surface area contributed by atoms with E-state index in [9.17, 15) is 5.11 Å². The van der Waals surface area contributed by atoms with Crippen LogP contribution in [-0.4, -0.2) is 58.2 Å². The first-order valence-corrected chi connectivity index (χ1v) is 11.9. The molecule has 2 saturated heterocycles. The number of pyridine rings is 1. The molecule has 0 bridgehead atoms. The SMILES string of the molecule is Cc1cccc(-c2ccc([C@H]3[C@H](CO)N4CCCCN(Cc5ccncc5)C[C@@H]34)cc2)c1. The molecule has 166 valence electrons. The molecule has 2 aliphatic rings. The number of aliphatic hydroxyl groups excluding tert-OH is 1. The molecule has 1 aromatic heterocycles. The van der Waals surface area contributed by atoms with Crippen molar-refractivity contribution in [2.75, 3.05) is 26.2 Å². The fourth-order valence-electron chi connectivity index (χ4n) is 5.62. The zero-order valence-corrected chi connectivity index (χ0v) is 18.9. The number of nitrogens with zero attached hydrogens (tertiary/aromatic N) is 3. The van der Waals surface area contributed by atoms with Crippen LogP contribution in [0, 0.1) is 6.92 Å². The van der Waals surface area contributed by atoms with E-state index >= 15 is 0 Å². The molecule has 0 saturated carbocycles. The second-order valence-electron chi connectivity index (χ2n) is 9.37. The summed E-state index contributed by atoms with van der Waals surface area (Å²) < 4.78 is 0. The molecule has 32 heavy (non-hydrogen) atoms. The third-order valence-corrected chi connectivity index (χ3v) is 7.26. The van der Waals surface area contributed by atoms with Crippen LogP contribution in [0.5, 0.6) is 0 Å².